The minimum absolute atomic E-state index is 0.0152. The number of carbonyl (C=O) groups is 1. The lowest BCUT2D eigenvalue weighted by Crippen LogP contribution is -2.42. The van der Waals surface area contributed by atoms with E-state index in [4.69, 9.17) is 4.74 Å². The Morgan fingerprint density at radius 2 is 1.74 bits per heavy atom. The minimum atomic E-state index is 0.0152. The van der Waals surface area contributed by atoms with Gasteiger partial charge in [0.05, 0.1) is 13.2 Å². The van der Waals surface area contributed by atoms with E-state index in [-0.39, 0.29) is 6.03 Å². The Labute approximate surface area is 117 Å². The average Bonchev–Trinajstić information content (AvgIpc) is 2.35. The molecule has 0 aromatic heterocycles. The predicted molar refractivity (Wildman–Crippen MR) is 77.9 cm³/mol. The highest BCUT2D eigenvalue weighted by Gasteiger charge is 2.15. The molecule has 19 heavy (non-hydrogen) atoms. The Hall–Kier alpha value is -1.03. The summed E-state index contributed by atoms with van der Waals surface area (Å²) in [6.45, 7) is 11.7. The molecular formula is C15H28N2O2. The summed E-state index contributed by atoms with van der Waals surface area (Å²) in [5, 5.41) is 2.93. The maximum atomic E-state index is 12.2. The van der Waals surface area contributed by atoms with Crippen molar-refractivity contribution in [2.75, 3.05) is 26.3 Å². The van der Waals surface area contributed by atoms with Crippen LogP contribution in [0.3, 0.4) is 0 Å². The molecule has 110 valence electrons. The molecule has 1 aliphatic rings. The van der Waals surface area contributed by atoms with Crippen molar-refractivity contribution in [1.82, 2.24) is 10.2 Å². The van der Waals surface area contributed by atoms with Gasteiger partial charge in [0.1, 0.15) is 0 Å². The summed E-state index contributed by atoms with van der Waals surface area (Å²) in [6, 6.07) is 0.0152. The maximum Gasteiger partial charge on any atom is 0.321 e. The highest BCUT2D eigenvalue weighted by Crippen LogP contribution is 2.12. The number of hydrogen-bond donors (Lipinski definition) is 1. The third kappa shape index (κ3) is 6.62. The summed E-state index contributed by atoms with van der Waals surface area (Å²) in [5.74, 6) is 0.973. The van der Waals surface area contributed by atoms with Gasteiger partial charge in [0.25, 0.3) is 0 Å². The number of carbonyl (C=O) groups excluding carboxylic acids is 1. The summed E-state index contributed by atoms with van der Waals surface area (Å²) < 4.78 is 5.30. The molecule has 1 heterocycles. The smallest absolute Gasteiger partial charge is 0.321 e. The number of hydrogen-bond acceptors (Lipinski definition) is 2. The minimum Gasteiger partial charge on any atom is -0.381 e. The first-order valence-electron chi connectivity index (χ1n) is 7.30. The summed E-state index contributed by atoms with van der Waals surface area (Å²) in [7, 11) is 0. The molecule has 1 fully saturated rings. The zero-order valence-electron chi connectivity index (χ0n) is 12.7. The van der Waals surface area contributed by atoms with Crippen molar-refractivity contribution in [1.29, 1.82) is 0 Å². The van der Waals surface area contributed by atoms with Crippen molar-refractivity contribution in [3.63, 3.8) is 0 Å². The van der Waals surface area contributed by atoms with E-state index in [1.54, 1.807) is 0 Å². The van der Waals surface area contributed by atoms with Crippen molar-refractivity contribution in [3.8, 4) is 0 Å². The molecule has 1 aliphatic heterocycles. The van der Waals surface area contributed by atoms with Crippen LogP contribution in [-0.2, 0) is 4.74 Å². The lowest BCUT2D eigenvalue weighted by Gasteiger charge is -2.26. The SMILES string of the molecule is CC(C)CN(CC(C)C)C(=O)NC=C1CCOCC1. The third-order valence-corrected chi connectivity index (χ3v) is 2.99. The first-order valence-corrected chi connectivity index (χ1v) is 7.30. The van der Waals surface area contributed by atoms with Crippen LogP contribution in [0, 0.1) is 11.8 Å². The van der Waals surface area contributed by atoms with Crippen molar-refractivity contribution in [2.45, 2.75) is 40.5 Å². The quantitative estimate of drug-likeness (QED) is 0.833. The molecule has 0 aromatic rings. The van der Waals surface area contributed by atoms with Crippen LogP contribution in [0.15, 0.2) is 11.8 Å². The Morgan fingerprint density at radius 3 is 2.21 bits per heavy atom. The lowest BCUT2D eigenvalue weighted by atomic mass is 10.1. The van der Waals surface area contributed by atoms with Gasteiger partial charge in [-0.05, 0) is 30.3 Å². The maximum absolute atomic E-state index is 12.2. The summed E-state index contributed by atoms with van der Waals surface area (Å²) in [5.41, 5.74) is 1.27. The molecule has 0 saturated carbocycles. The number of ether oxygens (including phenoxy) is 1. The first-order chi connectivity index (χ1) is 8.99. The number of nitrogens with one attached hydrogen (secondary N) is 1. The second-order valence-electron chi connectivity index (χ2n) is 6.06. The van der Waals surface area contributed by atoms with E-state index in [1.165, 1.54) is 5.57 Å². The van der Waals surface area contributed by atoms with E-state index < -0.39 is 0 Å². The van der Waals surface area contributed by atoms with Crippen molar-refractivity contribution in [2.24, 2.45) is 11.8 Å². The molecule has 0 spiro atoms. The summed E-state index contributed by atoms with van der Waals surface area (Å²) in [6.07, 6.45) is 3.72. The van der Waals surface area contributed by atoms with Gasteiger partial charge in [-0.1, -0.05) is 27.7 Å². The second-order valence-corrected chi connectivity index (χ2v) is 6.06. The highest BCUT2D eigenvalue weighted by atomic mass is 16.5. The molecule has 4 nitrogen and oxygen atoms in total. The molecule has 0 radical (unpaired) electrons. The van der Waals surface area contributed by atoms with Crippen LogP contribution in [0.4, 0.5) is 4.79 Å². The predicted octanol–water partition coefficient (Wildman–Crippen LogP) is 3.00. The first kappa shape index (κ1) is 16.0. The van der Waals surface area contributed by atoms with Crippen LogP contribution in [0.5, 0.6) is 0 Å². The van der Waals surface area contributed by atoms with E-state index in [1.807, 2.05) is 11.1 Å². The molecule has 2 amide bonds. The molecule has 1 N–H and O–H groups in total. The fourth-order valence-corrected chi connectivity index (χ4v) is 2.15. The van der Waals surface area contributed by atoms with Crippen molar-refractivity contribution in [3.05, 3.63) is 11.8 Å². The average molecular weight is 268 g/mol. The largest absolute Gasteiger partial charge is 0.381 e. The van der Waals surface area contributed by atoms with Crippen LogP contribution in [0.2, 0.25) is 0 Å². The summed E-state index contributed by atoms with van der Waals surface area (Å²) in [4.78, 5) is 14.1. The van der Waals surface area contributed by atoms with Gasteiger partial charge in [0.15, 0.2) is 0 Å². The third-order valence-electron chi connectivity index (χ3n) is 2.99. The van der Waals surface area contributed by atoms with E-state index in [0.717, 1.165) is 39.1 Å². The second kappa shape index (κ2) is 8.20. The van der Waals surface area contributed by atoms with Gasteiger partial charge in [0.2, 0.25) is 0 Å². The normalized spacial score (nSPS) is 15.8. The van der Waals surface area contributed by atoms with Gasteiger partial charge < -0.3 is 15.0 Å². The Morgan fingerprint density at radius 1 is 1.21 bits per heavy atom. The number of nitrogens with zero attached hydrogens (tertiary/aromatic N) is 1. The van der Waals surface area contributed by atoms with Crippen molar-refractivity contribution >= 4 is 6.03 Å². The van der Waals surface area contributed by atoms with Crippen LogP contribution in [-0.4, -0.2) is 37.2 Å². The standard InChI is InChI=1S/C15H28N2O2/c1-12(2)10-17(11-13(3)4)15(18)16-9-14-5-7-19-8-6-14/h9,12-13H,5-8,10-11H2,1-4H3,(H,16,18). The molecule has 0 aromatic carbocycles. The Balaban J connectivity index is 2.50. The van der Waals surface area contributed by atoms with Gasteiger partial charge in [0, 0.05) is 19.3 Å². The zero-order chi connectivity index (χ0) is 14.3. The number of amides is 2. The van der Waals surface area contributed by atoms with Gasteiger partial charge in [-0.25, -0.2) is 4.79 Å². The molecule has 0 atom stereocenters. The van der Waals surface area contributed by atoms with Crippen LogP contribution in [0.25, 0.3) is 0 Å². The van der Waals surface area contributed by atoms with Gasteiger partial charge in [-0.2, -0.15) is 0 Å². The number of rotatable bonds is 5. The summed E-state index contributed by atoms with van der Waals surface area (Å²) >= 11 is 0. The fraction of sp³-hybridized carbons (Fsp3) is 0.800. The van der Waals surface area contributed by atoms with Gasteiger partial charge in [-0.15, -0.1) is 0 Å². The molecular weight excluding hydrogens is 240 g/mol. The van der Waals surface area contributed by atoms with Crippen LogP contribution >= 0.6 is 0 Å². The topological polar surface area (TPSA) is 41.6 Å². The number of urea groups is 1. The monoisotopic (exact) mass is 268 g/mol. The molecule has 0 aliphatic carbocycles. The van der Waals surface area contributed by atoms with Crippen LogP contribution in [0.1, 0.15) is 40.5 Å². The van der Waals surface area contributed by atoms with Crippen molar-refractivity contribution < 1.29 is 9.53 Å². The van der Waals surface area contributed by atoms with Gasteiger partial charge >= 0.3 is 6.03 Å². The van der Waals surface area contributed by atoms with Gasteiger partial charge in [-0.3, -0.25) is 0 Å². The van der Waals surface area contributed by atoms with Crippen LogP contribution < -0.4 is 5.32 Å². The molecule has 1 saturated heterocycles. The molecule has 0 unspecified atom stereocenters. The zero-order valence-corrected chi connectivity index (χ0v) is 12.7. The molecule has 1 rings (SSSR count). The lowest BCUT2D eigenvalue weighted by molar-refractivity contribution is 0.118. The Kier molecular flexibility index (Phi) is 6.92. The van der Waals surface area contributed by atoms with E-state index in [0.29, 0.717) is 11.8 Å². The van der Waals surface area contributed by atoms with E-state index in [9.17, 15) is 4.79 Å². The van der Waals surface area contributed by atoms with E-state index in [2.05, 4.69) is 33.0 Å². The highest BCUT2D eigenvalue weighted by molar-refractivity contribution is 5.75. The fourth-order valence-electron chi connectivity index (χ4n) is 2.15. The molecule has 4 heteroatoms. The Bertz CT molecular complexity index is 293. The molecule has 0 bridgehead atoms. The van der Waals surface area contributed by atoms with E-state index >= 15 is 0 Å².